The highest BCUT2D eigenvalue weighted by Gasteiger charge is 2.45. The average Bonchev–Trinajstić information content (AvgIpc) is 4.06. The standard InChI is InChI=1S/C53H57N8O13PS/c1-29(47(63)54-28-31-10-15-37(16-11-31)76(3,73)74)55-50(66)44-27-36-23-32(9-7-5-4-6-8-30-12-19-41-43(24-30)59(2)53(69)60(41)42-20-21-45(62)58-49(42)65)22-33-13-18-39(51(67)61(44)46(33)36)57-48(64)40-26-35-25-34(14-17-38(35)56-40)52(68)75(70,71)72/h10-12,14-17,19,22-26,29,39,42,44,56H,4-9,13,18,20-21,27-28H2,1-3H3,(H,54,63)(H,55,66)(H,57,64)(H,58,62,65)(H2,70,71,72)/t29-,39-,42?,44-/m0/s1. The minimum atomic E-state index is -5.07. The number of nitrogens with zero attached hydrogens (tertiary/aromatic N) is 3. The van der Waals surface area contributed by atoms with Crippen LogP contribution in [0.5, 0.6) is 0 Å². The van der Waals surface area contributed by atoms with Gasteiger partial charge in [-0.1, -0.05) is 43.2 Å². The summed E-state index contributed by atoms with van der Waals surface area (Å²) in [7, 11) is -6.82. The number of aryl methyl sites for hydroxylation is 4. The van der Waals surface area contributed by atoms with E-state index in [-0.39, 0.29) is 60.0 Å². The molecule has 0 spiro atoms. The fraction of sp³-hybridized carbons (Fsp3) is 0.358. The lowest BCUT2D eigenvalue weighted by atomic mass is 9.95. The van der Waals surface area contributed by atoms with Crippen molar-refractivity contribution in [2.45, 2.75) is 113 Å². The average molecular weight is 1080 g/mol. The quantitative estimate of drug-likeness (QED) is 0.0368. The van der Waals surface area contributed by atoms with Crippen LogP contribution in [0.25, 0.3) is 21.9 Å². The van der Waals surface area contributed by atoms with Crippen molar-refractivity contribution < 1.29 is 56.3 Å². The Labute approximate surface area is 435 Å². The molecule has 7 N–H and O–H groups in total. The van der Waals surface area contributed by atoms with Gasteiger partial charge in [-0.05, 0) is 128 Å². The molecule has 21 nitrogen and oxygen atoms in total. The summed E-state index contributed by atoms with van der Waals surface area (Å²) in [6, 6.07) is 17.2. The van der Waals surface area contributed by atoms with Crippen LogP contribution in [-0.4, -0.2) is 97.7 Å². The maximum atomic E-state index is 14.7. The van der Waals surface area contributed by atoms with Crippen LogP contribution in [0, 0.1) is 0 Å². The molecule has 0 bridgehead atoms. The number of aromatic nitrogens is 3. The summed E-state index contributed by atoms with van der Waals surface area (Å²) < 4.78 is 38.4. The first kappa shape index (κ1) is 53.3. The lowest BCUT2D eigenvalue weighted by Gasteiger charge is -2.28. The first-order chi connectivity index (χ1) is 36.0. The second kappa shape index (κ2) is 21.2. The van der Waals surface area contributed by atoms with Gasteiger partial charge in [0.25, 0.3) is 11.4 Å². The van der Waals surface area contributed by atoms with Crippen LogP contribution >= 0.6 is 7.60 Å². The molecule has 1 saturated heterocycles. The molecule has 2 aromatic heterocycles. The van der Waals surface area contributed by atoms with Gasteiger partial charge < -0.3 is 30.7 Å². The minimum Gasteiger partial charge on any atom is -0.351 e. The number of carbonyl (C=O) groups is 7. The van der Waals surface area contributed by atoms with E-state index in [2.05, 4.69) is 26.3 Å². The van der Waals surface area contributed by atoms with E-state index in [1.807, 2.05) is 30.3 Å². The number of rotatable bonds is 18. The Morgan fingerprint density at radius 1 is 0.816 bits per heavy atom. The monoisotopic (exact) mass is 1080 g/mol. The van der Waals surface area contributed by atoms with E-state index in [4.69, 9.17) is 0 Å². The smallest absolute Gasteiger partial charge is 0.351 e. The number of unbranched alkanes of at least 4 members (excludes halogenated alkanes) is 3. The van der Waals surface area contributed by atoms with Crippen molar-refractivity contribution in [3.05, 3.63) is 128 Å². The Morgan fingerprint density at radius 3 is 2.21 bits per heavy atom. The number of hydrogen-bond donors (Lipinski definition) is 7. The van der Waals surface area contributed by atoms with Gasteiger partial charge >= 0.3 is 13.3 Å². The normalized spacial score (nSPS) is 18.0. The first-order valence-corrected chi connectivity index (χ1v) is 28.5. The number of imidazole rings is 1. The molecule has 9 rings (SSSR count). The summed E-state index contributed by atoms with van der Waals surface area (Å²) in [6.45, 7) is 1.57. The molecule has 0 saturated carbocycles. The van der Waals surface area contributed by atoms with Crippen LogP contribution in [0.15, 0.2) is 88.6 Å². The van der Waals surface area contributed by atoms with Gasteiger partial charge in [0.1, 0.15) is 29.9 Å². The van der Waals surface area contributed by atoms with E-state index in [1.54, 1.807) is 19.2 Å². The predicted octanol–water partition coefficient (Wildman–Crippen LogP) is 3.69. The maximum Gasteiger partial charge on any atom is 0.396 e. The number of sulfone groups is 1. The van der Waals surface area contributed by atoms with E-state index in [9.17, 15) is 61.1 Å². The van der Waals surface area contributed by atoms with Crippen molar-refractivity contribution in [3.63, 3.8) is 0 Å². The van der Waals surface area contributed by atoms with Crippen molar-refractivity contribution in [3.8, 4) is 0 Å². The highest BCUT2D eigenvalue weighted by molar-refractivity contribution is 7.90. The highest BCUT2D eigenvalue weighted by atomic mass is 32.2. The van der Waals surface area contributed by atoms with Gasteiger partial charge in [0.15, 0.2) is 9.84 Å². The Balaban J connectivity index is 0.875. The van der Waals surface area contributed by atoms with Crippen molar-refractivity contribution >= 4 is 86.0 Å². The molecule has 23 heteroatoms. The van der Waals surface area contributed by atoms with Crippen molar-refractivity contribution in [1.82, 2.24) is 35.4 Å². The molecule has 1 fully saturated rings. The van der Waals surface area contributed by atoms with E-state index in [0.717, 1.165) is 60.6 Å². The Kier molecular flexibility index (Phi) is 14.9. The van der Waals surface area contributed by atoms with Gasteiger partial charge in [-0.25, -0.2) is 13.2 Å². The molecule has 5 heterocycles. The zero-order valence-corrected chi connectivity index (χ0v) is 43.6. The molecule has 1 unspecified atom stereocenters. The lowest BCUT2D eigenvalue weighted by molar-refractivity contribution is -0.135. The van der Waals surface area contributed by atoms with E-state index >= 15 is 0 Å². The Morgan fingerprint density at radius 2 is 1.51 bits per heavy atom. The molecule has 4 aromatic carbocycles. The van der Waals surface area contributed by atoms with Crippen LogP contribution in [-0.2, 0) is 77.7 Å². The second-order valence-electron chi connectivity index (χ2n) is 19.9. The summed E-state index contributed by atoms with van der Waals surface area (Å²) in [4.78, 5) is 129. The van der Waals surface area contributed by atoms with Gasteiger partial charge in [-0.15, -0.1) is 0 Å². The fourth-order valence-electron chi connectivity index (χ4n) is 10.5. The van der Waals surface area contributed by atoms with E-state index < -0.39 is 76.7 Å². The van der Waals surface area contributed by atoms with E-state index in [0.29, 0.717) is 46.0 Å². The number of benzene rings is 4. The van der Waals surface area contributed by atoms with Crippen LogP contribution in [0.4, 0.5) is 5.69 Å². The first-order valence-electron chi connectivity index (χ1n) is 25.0. The van der Waals surface area contributed by atoms with Gasteiger partial charge in [0.05, 0.1) is 21.6 Å². The summed E-state index contributed by atoms with van der Waals surface area (Å²) >= 11 is 0. The molecule has 6 amide bonds. The number of H-pyrrole nitrogens is 1. The topological polar surface area (TPSA) is 305 Å². The molecule has 4 atom stereocenters. The molecule has 398 valence electrons. The minimum absolute atomic E-state index is 0.0185. The number of piperidine rings is 1. The third kappa shape index (κ3) is 11.1. The second-order valence-corrected chi connectivity index (χ2v) is 23.4. The summed E-state index contributed by atoms with van der Waals surface area (Å²) in [5, 5.41) is 11.0. The van der Waals surface area contributed by atoms with Gasteiger partial charge in [0.2, 0.25) is 29.5 Å². The number of anilines is 1. The van der Waals surface area contributed by atoms with Gasteiger partial charge in [-0.2, -0.15) is 0 Å². The molecular weight excluding hydrogens is 1020 g/mol. The highest BCUT2D eigenvalue weighted by Crippen LogP contribution is 2.41. The molecular formula is C53H57N8O13PS. The molecule has 3 aliphatic rings. The molecule has 0 radical (unpaired) electrons. The molecule has 3 aliphatic heterocycles. The Hall–Kier alpha value is -7.52. The van der Waals surface area contributed by atoms with Crippen LogP contribution < -0.4 is 31.9 Å². The number of imide groups is 1. The summed E-state index contributed by atoms with van der Waals surface area (Å²) in [6.07, 6.45) is 7.23. The SMILES string of the molecule is C[C@H](NC(=O)[C@@H]1Cc2cc(CCCCCCc3ccc4c(c3)n(C)c(=O)n4C3CCC(=O)NC3=O)cc3c2N1C(=O)[C@@H](NC(=O)c1cc2cc(C(=O)P(=O)(O)O)ccc2[nH]1)CC3)C(=O)NCc1ccc(S(C)(=O)=O)cc1. The number of fused-ring (bicyclic) bond motifs is 2. The van der Waals surface area contributed by atoms with Crippen LogP contribution in [0.3, 0.4) is 0 Å². The van der Waals surface area contributed by atoms with Crippen molar-refractivity contribution in [2.75, 3.05) is 11.2 Å². The fourth-order valence-corrected chi connectivity index (χ4v) is 11.6. The zero-order chi connectivity index (χ0) is 54.4. The van der Waals surface area contributed by atoms with E-state index in [1.165, 1.54) is 57.4 Å². The number of amides is 6. The molecule has 0 aliphatic carbocycles. The zero-order valence-electron chi connectivity index (χ0n) is 41.9. The number of aromatic amines is 1. The lowest BCUT2D eigenvalue weighted by Crippen LogP contribution is -2.56. The van der Waals surface area contributed by atoms with Gasteiger partial charge in [0, 0.05) is 49.2 Å². The third-order valence-corrected chi connectivity index (χ3v) is 16.4. The summed E-state index contributed by atoms with van der Waals surface area (Å²) in [5.41, 5.74) is 4.70. The number of carbonyl (C=O) groups excluding carboxylic acids is 7. The van der Waals surface area contributed by atoms with Crippen molar-refractivity contribution in [2.24, 2.45) is 7.05 Å². The predicted molar refractivity (Wildman–Crippen MR) is 279 cm³/mol. The van der Waals surface area contributed by atoms with Gasteiger partial charge in [-0.3, -0.25) is 57.5 Å². The maximum absolute atomic E-state index is 14.7. The van der Waals surface area contributed by atoms with Crippen LogP contribution in [0.2, 0.25) is 0 Å². The summed E-state index contributed by atoms with van der Waals surface area (Å²) in [5.74, 6) is -3.15. The molecule has 6 aromatic rings. The largest absolute Gasteiger partial charge is 0.396 e. The molecule has 76 heavy (non-hydrogen) atoms. The number of hydrogen-bond acceptors (Lipinski definition) is 11. The Bertz CT molecular complexity index is 3620. The third-order valence-electron chi connectivity index (χ3n) is 14.4. The van der Waals surface area contributed by atoms with Crippen LogP contribution in [0.1, 0.15) is 107 Å². The van der Waals surface area contributed by atoms with Crippen molar-refractivity contribution in [1.29, 1.82) is 0 Å². The number of nitrogens with one attached hydrogen (secondary N) is 5.